The maximum atomic E-state index is 11.5. The van der Waals surface area contributed by atoms with Gasteiger partial charge in [-0.2, -0.15) is 0 Å². The summed E-state index contributed by atoms with van der Waals surface area (Å²) >= 11 is 0. The highest BCUT2D eigenvalue weighted by atomic mass is 16.4. The first kappa shape index (κ1) is 11.6. The van der Waals surface area contributed by atoms with Crippen LogP contribution in [0.3, 0.4) is 0 Å². The van der Waals surface area contributed by atoms with Crippen LogP contribution in [0.2, 0.25) is 0 Å². The van der Waals surface area contributed by atoms with E-state index < -0.39 is 12.0 Å². The molecule has 2 aromatic rings. The number of nitrogens with one attached hydrogen (secondary N) is 1. The standard InChI is InChI=1S/C14H12N2O3/c17-12-5-10(13(16-12)14(18)19)11-7-15-6-8-3-1-2-4-9(8)11/h1-4,6-7,10,13H,5H2,(H,16,17)(H,18,19). The van der Waals surface area contributed by atoms with E-state index >= 15 is 0 Å². The summed E-state index contributed by atoms with van der Waals surface area (Å²) in [6, 6.07) is 6.77. The number of benzene rings is 1. The zero-order chi connectivity index (χ0) is 13.4. The number of nitrogens with zero attached hydrogens (tertiary/aromatic N) is 1. The number of aromatic nitrogens is 1. The molecule has 0 saturated carbocycles. The van der Waals surface area contributed by atoms with E-state index in [1.54, 1.807) is 12.4 Å². The second-order valence-corrected chi connectivity index (χ2v) is 4.64. The third kappa shape index (κ3) is 1.93. The van der Waals surface area contributed by atoms with Crippen LogP contribution in [0.25, 0.3) is 10.8 Å². The first-order valence-electron chi connectivity index (χ1n) is 6.01. The van der Waals surface area contributed by atoms with Crippen molar-refractivity contribution in [3.05, 3.63) is 42.2 Å². The Bertz CT molecular complexity index is 663. The van der Waals surface area contributed by atoms with Crippen molar-refractivity contribution in [3.8, 4) is 0 Å². The van der Waals surface area contributed by atoms with Gasteiger partial charge in [0.2, 0.25) is 5.91 Å². The van der Waals surface area contributed by atoms with Crippen molar-refractivity contribution in [2.45, 2.75) is 18.4 Å². The van der Waals surface area contributed by atoms with E-state index in [1.807, 2.05) is 24.3 Å². The molecule has 2 heterocycles. The number of carboxylic acids is 1. The van der Waals surface area contributed by atoms with E-state index in [0.29, 0.717) is 0 Å². The number of aliphatic carboxylic acids is 1. The van der Waals surface area contributed by atoms with Crippen LogP contribution in [0.1, 0.15) is 17.9 Å². The topological polar surface area (TPSA) is 79.3 Å². The summed E-state index contributed by atoms with van der Waals surface area (Å²) in [6.07, 6.45) is 3.58. The summed E-state index contributed by atoms with van der Waals surface area (Å²) in [4.78, 5) is 26.9. The van der Waals surface area contributed by atoms with Crippen molar-refractivity contribution < 1.29 is 14.7 Å². The van der Waals surface area contributed by atoms with Crippen LogP contribution in [0.4, 0.5) is 0 Å². The minimum Gasteiger partial charge on any atom is -0.480 e. The largest absolute Gasteiger partial charge is 0.480 e. The first-order valence-corrected chi connectivity index (χ1v) is 6.01. The van der Waals surface area contributed by atoms with Crippen LogP contribution >= 0.6 is 0 Å². The average Bonchev–Trinajstić information content (AvgIpc) is 2.80. The maximum absolute atomic E-state index is 11.5. The molecule has 0 spiro atoms. The van der Waals surface area contributed by atoms with Gasteiger partial charge in [-0.3, -0.25) is 9.78 Å². The van der Waals surface area contributed by atoms with Crippen molar-refractivity contribution in [2.24, 2.45) is 0 Å². The molecule has 1 fully saturated rings. The zero-order valence-corrected chi connectivity index (χ0v) is 10.0. The van der Waals surface area contributed by atoms with Gasteiger partial charge in [0.1, 0.15) is 6.04 Å². The molecule has 96 valence electrons. The van der Waals surface area contributed by atoms with E-state index in [0.717, 1.165) is 16.3 Å². The van der Waals surface area contributed by atoms with E-state index in [9.17, 15) is 14.7 Å². The molecule has 5 nitrogen and oxygen atoms in total. The Hall–Kier alpha value is -2.43. The quantitative estimate of drug-likeness (QED) is 0.848. The second kappa shape index (κ2) is 4.35. The van der Waals surface area contributed by atoms with Crippen LogP contribution < -0.4 is 5.32 Å². The summed E-state index contributed by atoms with van der Waals surface area (Å²) in [5.41, 5.74) is 0.809. The molecule has 0 bridgehead atoms. The predicted octanol–water partition coefficient (Wildman–Crippen LogP) is 1.29. The number of amides is 1. The van der Waals surface area contributed by atoms with E-state index in [2.05, 4.69) is 10.3 Å². The summed E-state index contributed by atoms with van der Waals surface area (Å²) in [5, 5.41) is 13.6. The highest BCUT2D eigenvalue weighted by Crippen LogP contribution is 2.32. The van der Waals surface area contributed by atoms with Gasteiger partial charge in [-0.1, -0.05) is 24.3 Å². The van der Waals surface area contributed by atoms with Crippen molar-refractivity contribution in [2.75, 3.05) is 0 Å². The molecular weight excluding hydrogens is 244 g/mol. The Kier molecular flexibility index (Phi) is 2.67. The molecule has 1 saturated heterocycles. The molecule has 2 atom stereocenters. The van der Waals surface area contributed by atoms with Crippen LogP contribution in [-0.4, -0.2) is 28.0 Å². The highest BCUT2D eigenvalue weighted by Gasteiger charge is 2.39. The van der Waals surface area contributed by atoms with Crippen LogP contribution in [0.15, 0.2) is 36.7 Å². The lowest BCUT2D eigenvalue weighted by Crippen LogP contribution is -2.36. The lowest BCUT2D eigenvalue weighted by atomic mass is 9.90. The van der Waals surface area contributed by atoms with Gasteiger partial charge in [0.25, 0.3) is 0 Å². The Morgan fingerprint density at radius 1 is 1.32 bits per heavy atom. The van der Waals surface area contributed by atoms with E-state index in [4.69, 9.17) is 0 Å². The Morgan fingerprint density at radius 3 is 2.89 bits per heavy atom. The summed E-state index contributed by atoms with van der Waals surface area (Å²) in [6.45, 7) is 0. The van der Waals surface area contributed by atoms with Gasteiger partial charge in [-0.25, -0.2) is 4.79 Å². The number of hydrogen-bond donors (Lipinski definition) is 2. The van der Waals surface area contributed by atoms with Crippen molar-refractivity contribution in [1.29, 1.82) is 0 Å². The second-order valence-electron chi connectivity index (χ2n) is 4.64. The van der Waals surface area contributed by atoms with Crippen molar-refractivity contribution in [1.82, 2.24) is 10.3 Å². The van der Waals surface area contributed by atoms with E-state index in [-0.39, 0.29) is 18.2 Å². The van der Waals surface area contributed by atoms with Gasteiger partial charge < -0.3 is 10.4 Å². The molecule has 1 aromatic heterocycles. The number of carbonyl (C=O) groups is 2. The van der Waals surface area contributed by atoms with Crippen LogP contribution in [0, 0.1) is 0 Å². The fourth-order valence-corrected chi connectivity index (χ4v) is 2.61. The van der Waals surface area contributed by atoms with Gasteiger partial charge in [-0.05, 0) is 10.9 Å². The smallest absolute Gasteiger partial charge is 0.326 e. The molecule has 1 aliphatic heterocycles. The SMILES string of the molecule is O=C1CC(c2cncc3ccccc23)C(C(=O)O)N1. The molecule has 1 aromatic carbocycles. The highest BCUT2D eigenvalue weighted by molar-refractivity contribution is 5.92. The van der Waals surface area contributed by atoms with Gasteiger partial charge in [-0.15, -0.1) is 0 Å². The lowest BCUT2D eigenvalue weighted by Gasteiger charge is -2.16. The van der Waals surface area contributed by atoms with Gasteiger partial charge in [0.15, 0.2) is 0 Å². The predicted molar refractivity (Wildman–Crippen MR) is 68.7 cm³/mol. The minimum atomic E-state index is -1.01. The monoisotopic (exact) mass is 256 g/mol. The van der Waals surface area contributed by atoms with Crippen molar-refractivity contribution >= 4 is 22.6 Å². The number of carbonyl (C=O) groups excluding carboxylic acids is 1. The average molecular weight is 256 g/mol. The van der Waals surface area contributed by atoms with Crippen LogP contribution in [-0.2, 0) is 9.59 Å². The fraction of sp³-hybridized carbons (Fsp3) is 0.214. The van der Waals surface area contributed by atoms with E-state index in [1.165, 1.54) is 0 Å². The number of pyridine rings is 1. The number of rotatable bonds is 2. The number of hydrogen-bond acceptors (Lipinski definition) is 3. The number of fused-ring (bicyclic) bond motifs is 1. The molecule has 0 radical (unpaired) electrons. The molecule has 5 heteroatoms. The molecule has 19 heavy (non-hydrogen) atoms. The molecular formula is C14H12N2O3. The molecule has 3 rings (SSSR count). The molecule has 1 aliphatic rings. The first-order chi connectivity index (χ1) is 9.16. The fourth-order valence-electron chi connectivity index (χ4n) is 2.61. The Balaban J connectivity index is 2.13. The van der Waals surface area contributed by atoms with Gasteiger partial charge in [0.05, 0.1) is 0 Å². The maximum Gasteiger partial charge on any atom is 0.326 e. The Labute approximate surface area is 109 Å². The van der Waals surface area contributed by atoms with Crippen LogP contribution in [0.5, 0.6) is 0 Å². The van der Waals surface area contributed by atoms with Crippen molar-refractivity contribution in [3.63, 3.8) is 0 Å². The van der Waals surface area contributed by atoms with Gasteiger partial charge >= 0.3 is 5.97 Å². The van der Waals surface area contributed by atoms with Gasteiger partial charge in [0, 0.05) is 30.1 Å². The molecule has 2 N–H and O–H groups in total. The Morgan fingerprint density at radius 2 is 2.11 bits per heavy atom. The molecule has 2 unspecified atom stereocenters. The third-order valence-corrected chi connectivity index (χ3v) is 3.49. The zero-order valence-electron chi connectivity index (χ0n) is 10.0. The normalized spacial score (nSPS) is 22.4. The summed E-state index contributed by atoms with van der Waals surface area (Å²) in [7, 11) is 0. The third-order valence-electron chi connectivity index (χ3n) is 3.49. The summed E-state index contributed by atoms with van der Waals surface area (Å²) < 4.78 is 0. The lowest BCUT2D eigenvalue weighted by molar-refractivity contribution is -0.140. The minimum absolute atomic E-state index is 0.187. The summed E-state index contributed by atoms with van der Waals surface area (Å²) in [5.74, 6) is -1.61. The molecule has 1 amide bonds. The number of carboxylic acid groups (broad SMARTS) is 1. The molecule has 0 aliphatic carbocycles.